The van der Waals surface area contributed by atoms with Crippen LogP contribution in [0.15, 0.2) is 84.9 Å². The van der Waals surface area contributed by atoms with Crippen molar-refractivity contribution < 1.29 is 9.47 Å². The van der Waals surface area contributed by atoms with Gasteiger partial charge in [-0.1, -0.05) is 72.8 Å². The second kappa shape index (κ2) is 6.30. The summed E-state index contributed by atoms with van der Waals surface area (Å²) in [4.78, 5) is 0. The van der Waals surface area contributed by atoms with Crippen LogP contribution in [-0.2, 0) is 0 Å². The third kappa shape index (κ3) is 2.82. The van der Waals surface area contributed by atoms with Crippen LogP contribution >= 0.6 is 12.2 Å². The van der Waals surface area contributed by atoms with Gasteiger partial charge >= 0.3 is 5.24 Å². The zero-order chi connectivity index (χ0) is 16.4. The van der Waals surface area contributed by atoms with Crippen LogP contribution in [0.2, 0.25) is 0 Å². The maximum absolute atomic E-state index is 5.79. The molecule has 0 saturated heterocycles. The second-order valence-electron chi connectivity index (χ2n) is 5.41. The first kappa shape index (κ1) is 14.7. The van der Waals surface area contributed by atoms with Gasteiger partial charge in [0.25, 0.3) is 0 Å². The Bertz CT molecular complexity index is 946. The number of ether oxygens (including phenoxy) is 2. The van der Waals surface area contributed by atoms with Crippen LogP contribution in [0.3, 0.4) is 0 Å². The first-order valence-corrected chi connectivity index (χ1v) is 8.07. The van der Waals surface area contributed by atoms with E-state index in [-0.39, 0.29) is 5.24 Å². The van der Waals surface area contributed by atoms with Crippen LogP contribution in [0.1, 0.15) is 0 Å². The van der Waals surface area contributed by atoms with E-state index in [0.717, 1.165) is 21.5 Å². The van der Waals surface area contributed by atoms with Crippen LogP contribution < -0.4 is 9.47 Å². The monoisotopic (exact) mass is 330 g/mol. The normalized spacial score (nSPS) is 10.7. The molecular weight excluding hydrogens is 316 g/mol. The topological polar surface area (TPSA) is 18.5 Å². The zero-order valence-electron chi connectivity index (χ0n) is 12.8. The predicted octanol–water partition coefficient (Wildman–Crippen LogP) is 5.74. The first-order valence-electron chi connectivity index (χ1n) is 7.66. The smallest absolute Gasteiger partial charge is 0.363 e. The standard InChI is InChI=1S/C21H14O2S/c24-21(22-19-13-5-9-15-7-1-3-11-17(15)19)23-20-14-6-10-16-8-2-4-12-18(16)20/h1-14H. The Balaban J connectivity index is 1.62. The Hall–Kier alpha value is -2.91. The Morgan fingerprint density at radius 2 is 0.958 bits per heavy atom. The van der Waals surface area contributed by atoms with E-state index in [1.165, 1.54) is 0 Å². The zero-order valence-corrected chi connectivity index (χ0v) is 13.6. The molecule has 0 heterocycles. The molecule has 0 fully saturated rings. The third-order valence-electron chi connectivity index (χ3n) is 3.89. The van der Waals surface area contributed by atoms with Crippen molar-refractivity contribution in [1.29, 1.82) is 0 Å². The van der Waals surface area contributed by atoms with Crippen LogP contribution in [0, 0.1) is 0 Å². The summed E-state index contributed by atoms with van der Waals surface area (Å²) in [7, 11) is 0. The molecule has 0 atom stereocenters. The molecule has 0 aliphatic carbocycles. The molecule has 3 heteroatoms. The van der Waals surface area contributed by atoms with Gasteiger partial charge in [-0.25, -0.2) is 0 Å². The lowest BCUT2D eigenvalue weighted by atomic mass is 10.1. The molecule has 4 aromatic carbocycles. The van der Waals surface area contributed by atoms with Gasteiger partial charge < -0.3 is 9.47 Å². The minimum atomic E-state index is 0.0858. The Kier molecular flexibility index (Phi) is 3.85. The van der Waals surface area contributed by atoms with Crippen molar-refractivity contribution in [2.45, 2.75) is 0 Å². The lowest BCUT2D eigenvalue weighted by Crippen LogP contribution is -2.13. The Morgan fingerprint density at radius 3 is 1.46 bits per heavy atom. The van der Waals surface area contributed by atoms with Gasteiger partial charge in [0, 0.05) is 23.0 Å². The number of hydrogen-bond donors (Lipinski definition) is 0. The Morgan fingerprint density at radius 1 is 0.542 bits per heavy atom. The fourth-order valence-electron chi connectivity index (χ4n) is 2.77. The van der Waals surface area contributed by atoms with E-state index in [1.54, 1.807) is 0 Å². The summed E-state index contributed by atoms with van der Waals surface area (Å²) in [6.07, 6.45) is 0. The highest BCUT2D eigenvalue weighted by molar-refractivity contribution is 7.79. The molecule has 0 aliphatic heterocycles. The maximum Gasteiger partial charge on any atom is 0.363 e. The first-order chi connectivity index (χ1) is 11.8. The van der Waals surface area contributed by atoms with Crippen molar-refractivity contribution in [1.82, 2.24) is 0 Å². The molecule has 0 radical (unpaired) electrons. The number of thiocarbonyl (C=S) groups is 1. The molecule has 2 nitrogen and oxygen atoms in total. The van der Waals surface area contributed by atoms with E-state index >= 15 is 0 Å². The number of rotatable bonds is 2. The minimum Gasteiger partial charge on any atom is -0.417 e. The second-order valence-corrected chi connectivity index (χ2v) is 5.74. The van der Waals surface area contributed by atoms with Gasteiger partial charge in [-0.15, -0.1) is 0 Å². The lowest BCUT2D eigenvalue weighted by molar-refractivity contribution is 0.409. The summed E-state index contributed by atoms with van der Waals surface area (Å²) in [5.74, 6) is 1.39. The summed E-state index contributed by atoms with van der Waals surface area (Å²) in [6, 6.07) is 27.8. The van der Waals surface area contributed by atoms with Crippen molar-refractivity contribution in [2.75, 3.05) is 0 Å². The summed E-state index contributed by atoms with van der Waals surface area (Å²) in [6.45, 7) is 0. The van der Waals surface area contributed by atoms with Gasteiger partial charge in [0.15, 0.2) is 0 Å². The van der Waals surface area contributed by atoms with Gasteiger partial charge in [0.2, 0.25) is 0 Å². The van der Waals surface area contributed by atoms with Crippen LogP contribution in [0.5, 0.6) is 11.5 Å². The van der Waals surface area contributed by atoms with Crippen LogP contribution in [0.25, 0.3) is 21.5 Å². The molecule has 0 aromatic heterocycles. The number of fused-ring (bicyclic) bond motifs is 2. The summed E-state index contributed by atoms with van der Waals surface area (Å²) in [5.41, 5.74) is 0. The molecule has 0 bridgehead atoms. The van der Waals surface area contributed by atoms with Gasteiger partial charge in [0.1, 0.15) is 11.5 Å². The molecule has 0 N–H and O–H groups in total. The van der Waals surface area contributed by atoms with Crippen molar-refractivity contribution >= 4 is 39.0 Å². The highest BCUT2D eigenvalue weighted by Crippen LogP contribution is 2.28. The maximum atomic E-state index is 5.79. The van der Waals surface area contributed by atoms with Gasteiger partial charge in [-0.3, -0.25) is 0 Å². The third-order valence-corrected chi connectivity index (χ3v) is 4.05. The summed E-state index contributed by atoms with van der Waals surface area (Å²) in [5, 5.41) is 4.29. The highest BCUT2D eigenvalue weighted by atomic mass is 32.1. The molecule has 0 amide bonds. The predicted molar refractivity (Wildman–Crippen MR) is 102 cm³/mol. The van der Waals surface area contributed by atoms with Crippen molar-refractivity contribution in [3.8, 4) is 11.5 Å². The van der Waals surface area contributed by atoms with Crippen LogP contribution in [-0.4, -0.2) is 5.24 Å². The molecule has 4 aromatic rings. The van der Waals surface area contributed by atoms with Crippen molar-refractivity contribution in [3.05, 3.63) is 84.9 Å². The van der Waals surface area contributed by atoms with Crippen LogP contribution in [0.4, 0.5) is 0 Å². The van der Waals surface area contributed by atoms with Gasteiger partial charge in [-0.05, 0) is 22.9 Å². The molecule has 116 valence electrons. The van der Waals surface area contributed by atoms with Gasteiger partial charge in [0.05, 0.1) is 0 Å². The largest absolute Gasteiger partial charge is 0.417 e. The van der Waals surface area contributed by atoms with Gasteiger partial charge in [-0.2, -0.15) is 0 Å². The fraction of sp³-hybridized carbons (Fsp3) is 0. The molecule has 24 heavy (non-hydrogen) atoms. The molecule has 0 saturated carbocycles. The quantitative estimate of drug-likeness (QED) is 0.437. The average Bonchev–Trinajstić information content (AvgIpc) is 2.62. The molecule has 4 rings (SSSR count). The Labute approximate surface area is 145 Å². The van der Waals surface area contributed by atoms with E-state index in [4.69, 9.17) is 21.7 Å². The van der Waals surface area contributed by atoms with E-state index in [9.17, 15) is 0 Å². The number of hydrogen-bond acceptors (Lipinski definition) is 3. The molecular formula is C21H14O2S. The average molecular weight is 330 g/mol. The molecule has 0 aliphatic rings. The summed E-state index contributed by atoms with van der Waals surface area (Å²) >= 11 is 5.30. The van der Waals surface area contributed by atoms with E-state index in [0.29, 0.717) is 11.5 Å². The minimum absolute atomic E-state index is 0.0858. The van der Waals surface area contributed by atoms with E-state index in [2.05, 4.69) is 0 Å². The fourth-order valence-corrected chi connectivity index (χ4v) is 2.95. The summed E-state index contributed by atoms with van der Waals surface area (Å²) < 4.78 is 11.6. The number of benzene rings is 4. The van der Waals surface area contributed by atoms with E-state index in [1.807, 2.05) is 84.9 Å². The molecule has 0 spiro atoms. The molecule has 0 unspecified atom stereocenters. The highest BCUT2D eigenvalue weighted by Gasteiger charge is 2.09. The van der Waals surface area contributed by atoms with E-state index < -0.39 is 0 Å². The lowest BCUT2D eigenvalue weighted by Gasteiger charge is -2.12. The van der Waals surface area contributed by atoms with Crippen molar-refractivity contribution in [3.63, 3.8) is 0 Å². The van der Waals surface area contributed by atoms with Crippen molar-refractivity contribution in [2.24, 2.45) is 0 Å². The SMILES string of the molecule is S=C(Oc1cccc2ccccc12)Oc1cccc2ccccc12.